The van der Waals surface area contributed by atoms with Gasteiger partial charge in [0.05, 0.1) is 11.2 Å². The molecule has 0 aromatic rings. The van der Waals surface area contributed by atoms with Gasteiger partial charge in [0.1, 0.15) is 0 Å². The van der Waals surface area contributed by atoms with Gasteiger partial charge >= 0.3 is 0 Å². The number of hydrogen-bond acceptors (Lipinski definition) is 3. The normalized spacial score (nSPS) is 29.2. The van der Waals surface area contributed by atoms with Gasteiger partial charge in [-0.2, -0.15) is 11.8 Å². The van der Waals surface area contributed by atoms with Gasteiger partial charge in [-0.15, -0.1) is 0 Å². The molecule has 2 heterocycles. The summed E-state index contributed by atoms with van der Waals surface area (Å²) < 4.78 is 0. The molecule has 0 aromatic carbocycles. The Kier molecular flexibility index (Phi) is 3.66. The highest BCUT2D eigenvalue weighted by Crippen LogP contribution is 2.39. The number of rotatable bonds is 2. The quantitative estimate of drug-likeness (QED) is 0.734. The fraction of sp³-hybridized carbons (Fsp3) is 0.833. The maximum atomic E-state index is 12.3. The van der Waals surface area contributed by atoms with E-state index in [1.54, 1.807) is 11.8 Å². The molecule has 0 aromatic heterocycles. The molecule has 2 amide bonds. The molecule has 1 unspecified atom stereocenters. The van der Waals surface area contributed by atoms with Crippen molar-refractivity contribution in [1.82, 2.24) is 9.80 Å². The van der Waals surface area contributed by atoms with Crippen LogP contribution in [0.3, 0.4) is 0 Å². The first kappa shape index (κ1) is 12.7. The van der Waals surface area contributed by atoms with Crippen LogP contribution in [0.2, 0.25) is 0 Å². The summed E-state index contributed by atoms with van der Waals surface area (Å²) in [6, 6.07) is 0. The van der Waals surface area contributed by atoms with Gasteiger partial charge in [0, 0.05) is 26.7 Å². The SMILES string of the molecule is CSCC(=O)N1CCC2(CCCN(C)C2=O)C1. The Morgan fingerprint density at radius 1 is 1.41 bits per heavy atom. The highest BCUT2D eigenvalue weighted by molar-refractivity contribution is 7.99. The zero-order chi connectivity index (χ0) is 12.5. The number of thioether (sulfide) groups is 1. The average molecular weight is 256 g/mol. The van der Waals surface area contributed by atoms with E-state index in [4.69, 9.17) is 0 Å². The Balaban J connectivity index is 2.04. The third-order valence-corrected chi connectivity index (χ3v) is 4.46. The first-order chi connectivity index (χ1) is 8.09. The third-order valence-electron chi connectivity index (χ3n) is 3.92. The number of piperidine rings is 1. The molecule has 17 heavy (non-hydrogen) atoms. The Morgan fingerprint density at radius 3 is 2.88 bits per heavy atom. The maximum Gasteiger partial charge on any atom is 0.232 e. The minimum absolute atomic E-state index is 0.176. The fourth-order valence-corrected chi connectivity index (χ4v) is 3.38. The standard InChI is InChI=1S/C12H20N2O2S/c1-13-6-3-4-12(11(13)16)5-7-14(9-12)10(15)8-17-2/h3-9H2,1-2H3. The van der Waals surface area contributed by atoms with Gasteiger partial charge in [-0.25, -0.2) is 0 Å². The van der Waals surface area contributed by atoms with Crippen molar-refractivity contribution in [3.8, 4) is 0 Å². The van der Waals surface area contributed by atoms with Crippen molar-refractivity contribution in [2.24, 2.45) is 5.41 Å². The summed E-state index contributed by atoms with van der Waals surface area (Å²) in [4.78, 5) is 27.8. The van der Waals surface area contributed by atoms with Crippen molar-refractivity contribution in [2.75, 3.05) is 38.7 Å². The van der Waals surface area contributed by atoms with Crippen LogP contribution in [0, 0.1) is 5.41 Å². The highest BCUT2D eigenvalue weighted by Gasteiger charge is 2.48. The van der Waals surface area contributed by atoms with Crippen molar-refractivity contribution in [2.45, 2.75) is 19.3 Å². The molecule has 96 valence electrons. The molecule has 1 atom stereocenters. The van der Waals surface area contributed by atoms with Crippen LogP contribution in [-0.4, -0.2) is 60.3 Å². The van der Waals surface area contributed by atoms with Crippen LogP contribution in [0.1, 0.15) is 19.3 Å². The molecule has 1 spiro atoms. The largest absolute Gasteiger partial charge is 0.345 e. The molecule has 0 N–H and O–H groups in total. The first-order valence-corrected chi connectivity index (χ1v) is 7.51. The predicted molar refractivity (Wildman–Crippen MR) is 68.9 cm³/mol. The van der Waals surface area contributed by atoms with E-state index in [0.29, 0.717) is 12.3 Å². The van der Waals surface area contributed by atoms with Crippen molar-refractivity contribution < 1.29 is 9.59 Å². The van der Waals surface area contributed by atoms with E-state index in [1.807, 2.05) is 23.1 Å². The van der Waals surface area contributed by atoms with E-state index >= 15 is 0 Å². The summed E-state index contributed by atoms with van der Waals surface area (Å²) in [6.45, 7) is 2.24. The molecule has 0 saturated carbocycles. The van der Waals surface area contributed by atoms with Crippen molar-refractivity contribution in [3.63, 3.8) is 0 Å². The maximum absolute atomic E-state index is 12.3. The second-order valence-corrected chi connectivity index (χ2v) is 5.97. The third kappa shape index (κ3) is 2.30. The number of likely N-dealkylation sites (tertiary alicyclic amines) is 2. The topological polar surface area (TPSA) is 40.6 Å². The van der Waals surface area contributed by atoms with Crippen molar-refractivity contribution in [1.29, 1.82) is 0 Å². The van der Waals surface area contributed by atoms with Gasteiger partial charge in [-0.1, -0.05) is 0 Å². The van der Waals surface area contributed by atoms with E-state index in [1.165, 1.54) is 0 Å². The van der Waals surface area contributed by atoms with Gasteiger partial charge < -0.3 is 9.80 Å². The van der Waals surface area contributed by atoms with Crippen LogP contribution in [-0.2, 0) is 9.59 Å². The monoisotopic (exact) mass is 256 g/mol. The molecule has 0 bridgehead atoms. The second-order valence-electron chi connectivity index (χ2n) is 5.11. The number of carbonyl (C=O) groups excluding carboxylic acids is 2. The Bertz CT molecular complexity index is 334. The molecule has 4 nitrogen and oxygen atoms in total. The molecule has 0 radical (unpaired) electrons. The zero-order valence-electron chi connectivity index (χ0n) is 10.6. The number of nitrogens with zero attached hydrogens (tertiary/aromatic N) is 2. The van der Waals surface area contributed by atoms with E-state index < -0.39 is 0 Å². The average Bonchev–Trinajstić information content (AvgIpc) is 2.72. The van der Waals surface area contributed by atoms with Crippen LogP contribution >= 0.6 is 11.8 Å². The minimum Gasteiger partial charge on any atom is -0.345 e. The van der Waals surface area contributed by atoms with E-state index in [-0.39, 0.29) is 17.2 Å². The molecular weight excluding hydrogens is 236 g/mol. The molecular formula is C12H20N2O2S. The van der Waals surface area contributed by atoms with E-state index in [0.717, 1.165) is 32.4 Å². The number of carbonyl (C=O) groups is 2. The Labute approximate surface area is 107 Å². The molecule has 0 aliphatic carbocycles. The van der Waals surface area contributed by atoms with Gasteiger partial charge in [-0.05, 0) is 25.5 Å². The summed E-state index contributed by atoms with van der Waals surface area (Å²) >= 11 is 1.55. The lowest BCUT2D eigenvalue weighted by Crippen LogP contribution is -2.48. The summed E-state index contributed by atoms with van der Waals surface area (Å²) in [5, 5.41) is 0. The summed E-state index contributed by atoms with van der Waals surface area (Å²) in [5.74, 6) is 0.943. The zero-order valence-corrected chi connectivity index (χ0v) is 11.4. The lowest BCUT2D eigenvalue weighted by molar-refractivity contribution is -0.144. The molecule has 5 heteroatoms. The molecule has 2 aliphatic rings. The van der Waals surface area contributed by atoms with Gasteiger partial charge in [0.25, 0.3) is 0 Å². The van der Waals surface area contributed by atoms with Crippen molar-refractivity contribution in [3.05, 3.63) is 0 Å². The molecule has 2 aliphatic heterocycles. The van der Waals surface area contributed by atoms with Gasteiger partial charge in [0.15, 0.2) is 0 Å². The molecule has 2 rings (SSSR count). The van der Waals surface area contributed by atoms with Crippen LogP contribution in [0.4, 0.5) is 0 Å². The summed E-state index contributed by atoms with van der Waals surface area (Å²) in [6.07, 6.45) is 4.78. The fourth-order valence-electron chi connectivity index (χ4n) is 2.95. The van der Waals surface area contributed by atoms with Gasteiger partial charge in [-0.3, -0.25) is 9.59 Å². The second kappa shape index (κ2) is 4.88. The van der Waals surface area contributed by atoms with Crippen molar-refractivity contribution >= 4 is 23.6 Å². The lowest BCUT2D eigenvalue weighted by atomic mass is 9.78. The smallest absolute Gasteiger partial charge is 0.232 e. The van der Waals surface area contributed by atoms with Crippen LogP contribution in [0.15, 0.2) is 0 Å². The number of hydrogen-bond donors (Lipinski definition) is 0. The summed E-state index contributed by atoms with van der Waals surface area (Å²) in [7, 11) is 1.87. The minimum atomic E-state index is -0.263. The Morgan fingerprint density at radius 2 is 2.18 bits per heavy atom. The molecule has 2 saturated heterocycles. The molecule has 2 fully saturated rings. The highest BCUT2D eigenvalue weighted by atomic mass is 32.2. The summed E-state index contributed by atoms with van der Waals surface area (Å²) in [5.41, 5.74) is -0.263. The Hall–Kier alpha value is -0.710. The van der Waals surface area contributed by atoms with Gasteiger partial charge in [0.2, 0.25) is 11.8 Å². The van der Waals surface area contributed by atoms with Crippen LogP contribution < -0.4 is 0 Å². The van der Waals surface area contributed by atoms with E-state index in [2.05, 4.69) is 0 Å². The van der Waals surface area contributed by atoms with Crippen LogP contribution in [0.5, 0.6) is 0 Å². The predicted octanol–water partition coefficient (Wildman–Crippen LogP) is 0.820. The van der Waals surface area contributed by atoms with E-state index in [9.17, 15) is 9.59 Å². The lowest BCUT2D eigenvalue weighted by Gasteiger charge is -2.37. The first-order valence-electron chi connectivity index (χ1n) is 6.11. The van der Waals surface area contributed by atoms with Crippen LogP contribution in [0.25, 0.3) is 0 Å². The number of amides is 2.